The molecule has 1 atom stereocenters. The van der Waals surface area contributed by atoms with E-state index in [0.29, 0.717) is 18.1 Å². The Morgan fingerprint density at radius 2 is 2.00 bits per heavy atom. The summed E-state index contributed by atoms with van der Waals surface area (Å²) in [5, 5.41) is 0.521. The molecule has 0 bridgehead atoms. The predicted molar refractivity (Wildman–Crippen MR) is 101 cm³/mol. The van der Waals surface area contributed by atoms with Crippen molar-refractivity contribution < 1.29 is 8.42 Å². The van der Waals surface area contributed by atoms with E-state index in [2.05, 4.69) is 16.5 Å². The minimum Gasteiger partial charge on any atom is -0.313 e. The van der Waals surface area contributed by atoms with Gasteiger partial charge in [0.25, 0.3) is 0 Å². The number of rotatable bonds is 4. The molecule has 1 unspecified atom stereocenters. The van der Waals surface area contributed by atoms with Gasteiger partial charge in [-0.25, -0.2) is 18.4 Å². The van der Waals surface area contributed by atoms with Crippen molar-refractivity contribution in [1.29, 1.82) is 0 Å². The second kappa shape index (κ2) is 6.64. The summed E-state index contributed by atoms with van der Waals surface area (Å²) in [4.78, 5) is 9.42. The number of pyridine rings is 1. The fraction of sp³-hybridized carbons (Fsp3) is 0.333. The third-order valence-corrected chi connectivity index (χ3v) is 6.95. The molecule has 1 aliphatic rings. The lowest BCUT2D eigenvalue weighted by Crippen LogP contribution is -2.29. The van der Waals surface area contributed by atoms with Gasteiger partial charge in [0.2, 0.25) is 10.0 Å². The van der Waals surface area contributed by atoms with Gasteiger partial charge in [-0.05, 0) is 49.7 Å². The minimum atomic E-state index is -3.52. The molecular weight excluding hydrogens is 372 g/mol. The first kappa shape index (κ1) is 17.5. The van der Waals surface area contributed by atoms with Gasteiger partial charge < -0.3 is 4.57 Å². The molecule has 26 heavy (non-hydrogen) atoms. The molecule has 0 radical (unpaired) electrons. The van der Waals surface area contributed by atoms with Crippen molar-refractivity contribution in [2.24, 2.45) is 0 Å². The van der Waals surface area contributed by atoms with Crippen molar-refractivity contribution >= 4 is 32.8 Å². The lowest BCUT2D eigenvalue weighted by atomic mass is 10.1. The Bertz CT molecular complexity index is 1050. The third-order valence-electron chi connectivity index (χ3n) is 4.82. The number of halogens is 1. The predicted octanol–water partition coefficient (Wildman–Crippen LogP) is 3.28. The van der Waals surface area contributed by atoms with E-state index in [1.54, 1.807) is 30.5 Å². The highest BCUT2D eigenvalue weighted by Crippen LogP contribution is 2.32. The molecule has 0 spiro atoms. The summed E-state index contributed by atoms with van der Waals surface area (Å²) >= 11 is 5.87. The Morgan fingerprint density at radius 3 is 2.73 bits per heavy atom. The zero-order valence-electron chi connectivity index (χ0n) is 14.3. The average Bonchev–Trinajstić information content (AvgIpc) is 3.27. The van der Waals surface area contributed by atoms with E-state index < -0.39 is 10.0 Å². The summed E-state index contributed by atoms with van der Waals surface area (Å²) in [5.74, 6) is 0.973. The topological polar surface area (TPSA) is 68.1 Å². The van der Waals surface area contributed by atoms with Crippen LogP contribution in [0.2, 0.25) is 5.02 Å². The van der Waals surface area contributed by atoms with Gasteiger partial charge in [-0.15, -0.1) is 0 Å². The summed E-state index contributed by atoms with van der Waals surface area (Å²) < 4.78 is 29.4. The quantitative estimate of drug-likeness (QED) is 0.685. The number of nitrogens with zero attached hydrogens (tertiary/aromatic N) is 4. The Labute approximate surface area is 157 Å². The Balaban J connectivity index is 1.64. The molecule has 1 aliphatic heterocycles. The Hall–Kier alpha value is -1.96. The van der Waals surface area contributed by atoms with E-state index in [1.807, 2.05) is 12.1 Å². The molecular formula is C18H19ClN4O2S. The Kier molecular flexibility index (Phi) is 4.46. The number of fused-ring (bicyclic) bond motifs is 1. The van der Waals surface area contributed by atoms with Crippen LogP contribution < -0.4 is 0 Å². The van der Waals surface area contributed by atoms with Crippen molar-refractivity contribution in [1.82, 2.24) is 18.8 Å². The standard InChI is InChI=1S/C18H19ClN4O2S/c1-2-23-17(21-16-4-3-10-20-18(16)23)13-9-11-22(12-13)26(24,25)15-7-5-14(19)6-8-15/h3-8,10,13H,2,9,11-12H2,1H3. The highest BCUT2D eigenvalue weighted by atomic mass is 35.5. The molecule has 136 valence electrons. The first-order valence-electron chi connectivity index (χ1n) is 8.57. The van der Waals surface area contributed by atoms with E-state index in [9.17, 15) is 8.42 Å². The smallest absolute Gasteiger partial charge is 0.243 e. The van der Waals surface area contributed by atoms with Crippen LogP contribution in [0.4, 0.5) is 0 Å². The van der Waals surface area contributed by atoms with Crippen molar-refractivity contribution in [2.75, 3.05) is 13.1 Å². The molecule has 0 amide bonds. The number of aryl methyl sites for hydroxylation is 1. The molecule has 3 heterocycles. The van der Waals surface area contributed by atoms with Gasteiger partial charge >= 0.3 is 0 Å². The second-order valence-electron chi connectivity index (χ2n) is 6.36. The van der Waals surface area contributed by atoms with Crippen LogP contribution in [0.25, 0.3) is 11.2 Å². The number of imidazole rings is 1. The highest BCUT2D eigenvalue weighted by Gasteiger charge is 2.35. The van der Waals surface area contributed by atoms with E-state index in [1.165, 1.54) is 4.31 Å². The van der Waals surface area contributed by atoms with Crippen molar-refractivity contribution in [3.63, 3.8) is 0 Å². The highest BCUT2D eigenvalue weighted by molar-refractivity contribution is 7.89. The number of benzene rings is 1. The zero-order chi connectivity index (χ0) is 18.3. The zero-order valence-corrected chi connectivity index (χ0v) is 15.9. The monoisotopic (exact) mass is 390 g/mol. The minimum absolute atomic E-state index is 0.0613. The summed E-state index contributed by atoms with van der Waals surface area (Å²) in [5.41, 5.74) is 1.70. The fourth-order valence-corrected chi connectivity index (χ4v) is 5.14. The number of sulfonamides is 1. The van der Waals surface area contributed by atoms with E-state index in [0.717, 1.165) is 30.0 Å². The number of aromatic nitrogens is 3. The van der Waals surface area contributed by atoms with E-state index in [-0.39, 0.29) is 10.8 Å². The van der Waals surface area contributed by atoms with Gasteiger partial charge in [0.1, 0.15) is 11.3 Å². The molecule has 3 aromatic rings. The molecule has 4 rings (SSSR count). The third kappa shape index (κ3) is 2.90. The van der Waals surface area contributed by atoms with Crippen LogP contribution >= 0.6 is 11.6 Å². The SMILES string of the molecule is CCn1c(C2CCN(S(=O)(=O)c3ccc(Cl)cc3)C2)nc2cccnc21. The maximum absolute atomic E-state index is 12.9. The average molecular weight is 391 g/mol. The molecule has 0 aliphatic carbocycles. The molecule has 2 aromatic heterocycles. The number of hydrogen-bond donors (Lipinski definition) is 0. The lowest BCUT2D eigenvalue weighted by molar-refractivity contribution is 0.469. The summed E-state index contributed by atoms with van der Waals surface area (Å²) in [6.07, 6.45) is 2.50. The van der Waals surface area contributed by atoms with Crippen LogP contribution in [0.15, 0.2) is 47.5 Å². The summed E-state index contributed by atoms with van der Waals surface area (Å²) in [7, 11) is -3.52. The molecule has 1 aromatic carbocycles. The largest absolute Gasteiger partial charge is 0.313 e. The second-order valence-corrected chi connectivity index (χ2v) is 8.74. The summed E-state index contributed by atoms with van der Waals surface area (Å²) in [6.45, 7) is 3.71. The van der Waals surface area contributed by atoms with Gasteiger partial charge in [-0.1, -0.05) is 11.6 Å². The normalized spacial score (nSPS) is 18.6. The van der Waals surface area contributed by atoms with Gasteiger partial charge in [-0.3, -0.25) is 0 Å². The first-order chi connectivity index (χ1) is 12.5. The summed E-state index contributed by atoms with van der Waals surface area (Å²) in [6, 6.07) is 10.1. The van der Waals surface area contributed by atoms with Crippen molar-refractivity contribution in [3.8, 4) is 0 Å². The van der Waals surface area contributed by atoms with Crippen LogP contribution in [0, 0.1) is 0 Å². The fourth-order valence-electron chi connectivity index (χ4n) is 3.51. The molecule has 0 saturated carbocycles. The van der Waals surface area contributed by atoms with Gasteiger partial charge in [0.15, 0.2) is 5.65 Å². The molecule has 0 N–H and O–H groups in total. The number of hydrogen-bond acceptors (Lipinski definition) is 4. The Morgan fingerprint density at radius 1 is 1.23 bits per heavy atom. The van der Waals surface area contributed by atoms with Gasteiger partial charge in [0, 0.05) is 36.8 Å². The molecule has 1 saturated heterocycles. The lowest BCUT2D eigenvalue weighted by Gasteiger charge is -2.17. The first-order valence-corrected chi connectivity index (χ1v) is 10.4. The van der Waals surface area contributed by atoms with Crippen LogP contribution in [0.5, 0.6) is 0 Å². The maximum Gasteiger partial charge on any atom is 0.243 e. The molecule has 8 heteroatoms. The van der Waals surface area contributed by atoms with Gasteiger partial charge in [0.05, 0.1) is 4.90 Å². The van der Waals surface area contributed by atoms with E-state index in [4.69, 9.17) is 16.6 Å². The van der Waals surface area contributed by atoms with Crippen LogP contribution in [0.1, 0.15) is 25.1 Å². The molecule has 1 fully saturated rings. The van der Waals surface area contributed by atoms with Crippen molar-refractivity contribution in [3.05, 3.63) is 53.4 Å². The molecule has 6 nitrogen and oxygen atoms in total. The maximum atomic E-state index is 12.9. The van der Waals surface area contributed by atoms with Crippen molar-refractivity contribution in [2.45, 2.75) is 30.7 Å². The van der Waals surface area contributed by atoms with Gasteiger partial charge in [-0.2, -0.15) is 4.31 Å². The van der Waals surface area contributed by atoms with Crippen LogP contribution in [0.3, 0.4) is 0 Å². The van der Waals surface area contributed by atoms with Crippen LogP contribution in [-0.2, 0) is 16.6 Å². The van der Waals surface area contributed by atoms with Crippen LogP contribution in [-0.4, -0.2) is 40.3 Å². The van der Waals surface area contributed by atoms with E-state index >= 15 is 0 Å².